The summed E-state index contributed by atoms with van der Waals surface area (Å²) in [6.07, 6.45) is -7.69. The standard InChI is InChI=1S/C28H26F6O2/c1-17(2)13-25(26(35)36)22-15-19(4-3-18-5-9-23(10-6-18)27(29,30)31)14-21(16-22)20-7-11-24(12-8-20)28(32,33)34/h5-12,14-17,25H,3-4,13H2,1-2H3,(H,35,36). The van der Waals surface area contributed by atoms with E-state index < -0.39 is 35.4 Å². The summed E-state index contributed by atoms with van der Waals surface area (Å²) in [5.74, 6) is -1.71. The molecule has 0 aliphatic heterocycles. The molecule has 0 bridgehead atoms. The number of hydrogen-bond acceptors (Lipinski definition) is 1. The second kappa shape index (κ2) is 10.8. The van der Waals surface area contributed by atoms with Crippen molar-refractivity contribution in [2.45, 2.75) is 51.4 Å². The third-order valence-corrected chi connectivity index (χ3v) is 5.95. The molecule has 0 saturated carbocycles. The number of carboxylic acid groups (broad SMARTS) is 1. The van der Waals surface area contributed by atoms with Crippen LogP contribution in [0.3, 0.4) is 0 Å². The highest BCUT2D eigenvalue weighted by molar-refractivity contribution is 5.77. The molecule has 36 heavy (non-hydrogen) atoms. The summed E-state index contributed by atoms with van der Waals surface area (Å²) < 4.78 is 77.5. The van der Waals surface area contributed by atoms with Crippen LogP contribution in [-0.2, 0) is 30.0 Å². The highest BCUT2D eigenvalue weighted by Gasteiger charge is 2.31. The fourth-order valence-corrected chi connectivity index (χ4v) is 4.08. The van der Waals surface area contributed by atoms with Crippen LogP contribution >= 0.6 is 0 Å². The second-order valence-corrected chi connectivity index (χ2v) is 9.25. The molecule has 1 atom stereocenters. The molecule has 1 N–H and O–H groups in total. The number of benzene rings is 3. The Labute approximate surface area is 205 Å². The van der Waals surface area contributed by atoms with E-state index in [-0.39, 0.29) is 5.92 Å². The van der Waals surface area contributed by atoms with Gasteiger partial charge in [-0.2, -0.15) is 26.3 Å². The molecular weight excluding hydrogens is 482 g/mol. The van der Waals surface area contributed by atoms with Gasteiger partial charge in [0.2, 0.25) is 0 Å². The molecule has 0 saturated heterocycles. The molecule has 0 aliphatic rings. The van der Waals surface area contributed by atoms with Crippen molar-refractivity contribution in [2.24, 2.45) is 5.92 Å². The predicted molar refractivity (Wildman–Crippen MR) is 126 cm³/mol. The number of halogens is 6. The molecule has 0 fully saturated rings. The van der Waals surface area contributed by atoms with Crippen LogP contribution in [0.4, 0.5) is 26.3 Å². The number of alkyl halides is 6. The molecule has 0 amide bonds. The molecular formula is C28H26F6O2. The Kier molecular flexibility index (Phi) is 8.16. The summed E-state index contributed by atoms with van der Waals surface area (Å²) in [6.45, 7) is 3.81. The van der Waals surface area contributed by atoms with Crippen LogP contribution < -0.4 is 0 Å². The predicted octanol–water partition coefficient (Wildman–Crippen LogP) is 8.39. The SMILES string of the molecule is CC(C)CC(C(=O)O)c1cc(CCc2ccc(C(F)(F)F)cc2)cc(-c2ccc(C(F)(F)F)cc2)c1. The number of hydrogen-bond donors (Lipinski definition) is 1. The largest absolute Gasteiger partial charge is 0.481 e. The minimum atomic E-state index is -4.47. The summed E-state index contributed by atoms with van der Waals surface area (Å²) in [5, 5.41) is 9.84. The van der Waals surface area contributed by atoms with Crippen LogP contribution in [-0.4, -0.2) is 11.1 Å². The molecule has 192 valence electrons. The normalized spacial score (nSPS) is 13.1. The Hall–Kier alpha value is -3.29. The van der Waals surface area contributed by atoms with E-state index in [1.807, 2.05) is 13.8 Å². The van der Waals surface area contributed by atoms with E-state index in [1.165, 1.54) is 24.3 Å². The van der Waals surface area contributed by atoms with Gasteiger partial charge in [-0.3, -0.25) is 4.79 Å². The van der Waals surface area contributed by atoms with E-state index in [4.69, 9.17) is 0 Å². The van der Waals surface area contributed by atoms with E-state index in [1.54, 1.807) is 18.2 Å². The Morgan fingerprint density at radius 2 is 1.22 bits per heavy atom. The van der Waals surface area contributed by atoms with Crippen LogP contribution in [0.25, 0.3) is 11.1 Å². The summed E-state index contributed by atoms with van der Waals surface area (Å²) in [6, 6.07) is 14.7. The van der Waals surface area contributed by atoms with Gasteiger partial charge in [0.25, 0.3) is 0 Å². The minimum Gasteiger partial charge on any atom is -0.481 e. The maximum Gasteiger partial charge on any atom is 0.416 e. The van der Waals surface area contributed by atoms with Crippen molar-refractivity contribution in [2.75, 3.05) is 0 Å². The molecule has 3 rings (SSSR count). The van der Waals surface area contributed by atoms with Crippen molar-refractivity contribution in [1.29, 1.82) is 0 Å². The van der Waals surface area contributed by atoms with Gasteiger partial charge in [-0.1, -0.05) is 56.3 Å². The van der Waals surface area contributed by atoms with Gasteiger partial charge in [0.15, 0.2) is 0 Å². The monoisotopic (exact) mass is 508 g/mol. The third-order valence-electron chi connectivity index (χ3n) is 5.95. The molecule has 3 aromatic rings. The zero-order valence-corrected chi connectivity index (χ0v) is 19.8. The number of carboxylic acids is 1. The highest BCUT2D eigenvalue weighted by Crippen LogP contribution is 2.34. The fourth-order valence-electron chi connectivity index (χ4n) is 4.08. The van der Waals surface area contributed by atoms with Gasteiger partial charge >= 0.3 is 18.3 Å². The molecule has 0 radical (unpaired) electrons. The number of aliphatic carboxylic acids is 1. The Balaban J connectivity index is 1.96. The number of carbonyl (C=O) groups is 1. The Bertz CT molecular complexity index is 1180. The first kappa shape index (κ1) is 27.3. The van der Waals surface area contributed by atoms with E-state index in [0.29, 0.717) is 41.5 Å². The average molecular weight is 509 g/mol. The Morgan fingerprint density at radius 1 is 0.722 bits per heavy atom. The van der Waals surface area contributed by atoms with Crippen molar-refractivity contribution in [3.63, 3.8) is 0 Å². The van der Waals surface area contributed by atoms with Crippen molar-refractivity contribution in [3.8, 4) is 11.1 Å². The highest BCUT2D eigenvalue weighted by atomic mass is 19.4. The lowest BCUT2D eigenvalue weighted by Gasteiger charge is -2.18. The number of rotatable bonds is 8. The first-order chi connectivity index (χ1) is 16.7. The van der Waals surface area contributed by atoms with E-state index in [9.17, 15) is 36.2 Å². The van der Waals surface area contributed by atoms with E-state index >= 15 is 0 Å². The molecule has 0 aliphatic carbocycles. The molecule has 1 unspecified atom stereocenters. The first-order valence-corrected chi connectivity index (χ1v) is 11.4. The minimum absolute atomic E-state index is 0.0939. The van der Waals surface area contributed by atoms with Crippen LogP contribution in [0.15, 0.2) is 66.7 Å². The lowest BCUT2D eigenvalue weighted by Crippen LogP contribution is -2.14. The van der Waals surface area contributed by atoms with Crippen LogP contribution in [0, 0.1) is 5.92 Å². The maximum atomic E-state index is 13.0. The van der Waals surface area contributed by atoms with Crippen molar-refractivity contribution in [1.82, 2.24) is 0 Å². The summed E-state index contributed by atoms with van der Waals surface area (Å²) >= 11 is 0. The molecule has 0 heterocycles. The van der Waals surface area contributed by atoms with Crippen LogP contribution in [0.5, 0.6) is 0 Å². The zero-order valence-electron chi connectivity index (χ0n) is 19.8. The van der Waals surface area contributed by atoms with Gasteiger partial charge in [0.1, 0.15) is 0 Å². The first-order valence-electron chi connectivity index (χ1n) is 11.4. The van der Waals surface area contributed by atoms with Crippen molar-refractivity contribution in [3.05, 3.63) is 94.5 Å². The molecule has 0 spiro atoms. The van der Waals surface area contributed by atoms with Crippen LogP contribution in [0.2, 0.25) is 0 Å². The molecule has 2 nitrogen and oxygen atoms in total. The van der Waals surface area contributed by atoms with Crippen molar-refractivity contribution < 1.29 is 36.2 Å². The molecule has 0 aromatic heterocycles. The van der Waals surface area contributed by atoms with Gasteiger partial charge in [0, 0.05) is 0 Å². The maximum absolute atomic E-state index is 13.0. The van der Waals surface area contributed by atoms with Gasteiger partial charge < -0.3 is 5.11 Å². The number of aryl methyl sites for hydroxylation is 2. The summed E-state index contributed by atoms with van der Waals surface area (Å²) in [5.41, 5.74) is 1.53. The smallest absolute Gasteiger partial charge is 0.416 e. The Morgan fingerprint density at radius 3 is 1.69 bits per heavy atom. The summed E-state index contributed by atoms with van der Waals surface area (Å²) in [7, 11) is 0. The van der Waals surface area contributed by atoms with E-state index in [0.717, 1.165) is 29.8 Å². The average Bonchev–Trinajstić information content (AvgIpc) is 2.80. The molecule has 3 aromatic carbocycles. The lowest BCUT2D eigenvalue weighted by atomic mass is 9.86. The zero-order chi connectivity index (χ0) is 26.7. The summed E-state index contributed by atoms with van der Waals surface area (Å²) in [4.78, 5) is 12.0. The van der Waals surface area contributed by atoms with Gasteiger partial charge in [-0.05, 0) is 77.3 Å². The van der Waals surface area contributed by atoms with E-state index in [2.05, 4.69) is 0 Å². The third kappa shape index (κ3) is 7.12. The van der Waals surface area contributed by atoms with Crippen LogP contribution in [0.1, 0.15) is 54.0 Å². The lowest BCUT2D eigenvalue weighted by molar-refractivity contribution is -0.139. The second-order valence-electron chi connectivity index (χ2n) is 9.25. The quantitative estimate of drug-likeness (QED) is 0.310. The molecule has 8 heteroatoms. The van der Waals surface area contributed by atoms with Gasteiger partial charge in [-0.15, -0.1) is 0 Å². The topological polar surface area (TPSA) is 37.3 Å². The fraction of sp³-hybridized carbons (Fsp3) is 0.321. The van der Waals surface area contributed by atoms with Gasteiger partial charge in [-0.25, -0.2) is 0 Å². The van der Waals surface area contributed by atoms with Gasteiger partial charge in [0.05, 0.1) is 17.0 Å². The van der Waals surface area contributed by atoms with Crippen molar-refractivity contribution >= 4 is 5.97 Å².